The van der Waals surface area contributed by atoms with Gasteiger partial charge in [-0.25, -0.2) is 0 Å². The van der Waals surface area contributed by atoms with Crippen LogP contribution in [-0.4, -0.2) is 32.8 Å². The van der Waals surface area contributed by atoms with Gasteiger partial charge in [0.25, 0.3) is 0 Å². The quantitative estimate of drug-likeness (QED) is 0.887. The van der Waals surface area contributed by atoms with E-state index in [0.29, 0.717) is 6.10 Å². The number of anilines is 2. The van der Waals surface area contributed by atoms with Gasteiger partial charge in [0, 0.05) is 26.7 Å². The van der Waals surface area contributed by atoms with Crippen molar-refractivity contribution >= 4 is 11.4 Å². The molecule has 3 heteroatoms. The third-order valence-electron chi connectivity index (χ3n) is 3.97. The second-order valence-electron chi connectivity index (χ2n) is 5.36. The molecule has 0 bridgehead atoms. The molecule has 0 radical (unpaired) electrons. The van der Waals surface area contributed by atoms with Gasteiger partial charge in [0.05, 0.1) is 17.5 Å². The van der Waals surface area contributed by atoms with E-state index in [1.54, 1.807) is 0 Å². The maximum Gasteiger partial charge on any atom is 0.0750 e. The third kappa shape index (κ3) is 2.32. The molecular weight excluding hydrogens is 224 g/mol. The fourth-order valence-corrected chi connectivity index (χ4v) is 3.00. The van der Waals surface area contributed by atoms with E-state index in [4.69, 9.17) is 4.74 Å². The van der Waals surface area contributed by atoms with Crippen molar-refractivity contribution in [2.75, 3.05) is 37.0 Å². The molecule has 1 unspecified atom stereocenters. The topological polar surface area (TPSA) is 24.5 Å². The first-order valence-corrected chi connectivity index (χ1v) is 7.03. The van der Waals surface area contributed by atoms with Crippen molar-refractivity contribution in [1.82, 2.24) is 0 Å². The lowest BCUT2D eigenvalue weighted by atomic mass is 10.0. The predicted octanol–water partition coefficient (Wildman–Crippen LogP) is 2.66. The van der Waals surface area contributed by atoms with Gasteiger partial charge in [-0.15, -0.1) is 0 Å². The van der Waals surface area contributed by atoms with Gasteiger partial charge >= 0.3 is 0 Å². The van der Waals surface area contributed by atoms with Gasteiger partial charge in [-0.1, -0.05) is 12.1 Å². The number of ether oxygens (including phenoxy) is 1. The first-order valence-electron chi connectivity index (χ1n) is 7.03. The summed E-state index contributed by atoms with van der Waals surface area (Å²) in [4.78, 5) is 2.34. The first kappa shape index (κ1) is 11.8. The Balaban J connectivity index is 1.78. The summed E-state index contributed by atoms with van der Waals surface area (Å²) in [5.41, 5.74) is 4.12. The fourth-order valence-electron chi connectivity index (χ4n) is 3.00. The predicted molar refractivity (Wildman–Crippen MR) is 75.5 cm³/mol. The summed E-state index contributed by atoms with van der Waals surface area (Å²) in [5, 5.41) is 3.55. The van der Waals surface area contributed by atoms with E-state index < -0.39 is 0 Å². The molecule has 3 rings (SSSR count). The monoisotopic (exact) mass is 246 g/mol. The molecule has 0 amide bonds. The highest BCUT2D eigenvalue weighted by molar-refractivity contribution is 5.74. The molecule has 1 N–H and O–H groups in total. The summed E-state index contributed by atoms with van der Waals surface area (Å²) in [5.74, 6) is 0. The highest BCUT2D eigenvalue weighted by Gasteiger charge is 2.20. The molecule has 1 aromatic carbocycles. The van der Waals surface area contributed by atoms with Crippen LogP contribution in [0.4, 0.5) is 11.4 Å². The lowest BCUT2D eigenvalue weighted by Gasteiger charge is -2.28. The molecule has 0 aromatic heterocycles. The Morgan fingerprint density at radius 1 is 1.39 bits per heavy atom. The number of benzene rings is 1. The first-order chi connectivity index (χ1) is 8.84. The number of hydrogen-bond donors (Lipinski definition) is 1. The summed E-state index contributed by atoms with van der Waals surface area (Å²) in [6.45, 7) is 3.03. The lowest BCUT2D eigenvalue weighted by Crippen LogP contribution is -2.29. The summed E-state index contributed by atoms with van der Waals surface area (Å²) >= 11 is 0. The van der Waals surface area contributed by atoms with Crippen LogP contribution in [0.25, 0.3) is 0 Å². The molecule has 98 valence electrons. The Morgan fingerprint density at radius 3 is 3.17 bits per heavy atom. The maximum absolute atomic E-state index is 5.73. The minimum Gasteiger partial charge on any atom is -0.383 e. The van der Waals surface area contributed by atoms with Crippen molar-refractivity contribution in [1.29, 1.82) is 0 Å². The standard InChI is InChI=1S/C15H22N2O/c1-17(11-13-7-4-10-18-13)14-8-2-5-12-6-3-9-16-15(12)14/h2,5,8,13,16H,3-4,6-7,9-11H2,1H3. The third-order valence-corrected chi connectivity index (χ3v) is 3.97. The Bertz CT molecular complexity index is 413. The zero-order chi connectivity index (χ0) is 12.4. The van der Waals surface area contributed by atoms with Crippen molar-refractivity contribution in [2.24, 2.45) is 0 Å². The van der Waals surface area contributed by atoms with Crippen LogP contribution in [-0.2, 0) is 11.2 Å². The van der Waals surface area contributed by atoms with Gasteiger partial charge in [-0.05, 0) is 37.3 Å². The van der Waals surface area contributed by atoms with Crippen molar-refractivity contribution < 1.29 is 4.74 Å². The molecule has 1 atom stereocenters. The normalized spacial score (nSPS) is 22.4. The zero-order valence-corrected chi connectivity index (χ0v) is 11.1. The number of hydrogen-bond acceptors (Lipinski definition) is 3. The Labute approximate surface area is 109 Å². The second-order valence-corrected chi connectivity index (χ2v) is 5.36. The van der Waals surface area contributed by atoms with Crippen molar-refractivity contribution in [2.45, 2.75) is 31.8 Å². The fraction of sp³-hybridized carbons (Fsp3) is 0.600. The number of likely N-dealkylation sites (N-methyl/N-ethyl adjacent to an activating group) is 1. The summed E-state index contributed by atoms with van der Waals surface area (Å²) in [6, 6.07) is 6.63. The average Bonchev–Trinajstić information content (AvgIpc) is 2.91. The highest BCUT2D eigenvalue weighted by atomic mass is 16.5. The van der Waals surface area contributed by atoms with Crippen LogP contribution in [0.1, 0.15) is 24.8 Å². The van der Waals surface area contributed by atoms with Crippen LogP contribution in [0, 0.1) is 0 Å². The largest absolute Gasteiger partial charge is 0.383 e. The van der Waals surface area contributed by atoms with Gasteiger partial charge in [-0.3, -0.25) is 0 Å². The van der Waals surface area contributed by atoms with E-state index in [0.717, 1.165) is 19.7 Å². The molecule has 2 aliphatic heterocycles. The lowest BCUT2D eigenvalue weighted by molar-refractivity contribution is 0.116. The van der Waals surface area contributed by atoms with Crippen LogP contribution in [0.5, 0.6) is 0 Å². The van der Waals surface area contributed by atoms with Crippen LogP contribution < -0.4 is 10.2 Å². The van der Waals surface area contributed by atoms with Crippen LogP contribution in [0.3, 0.4) is 0 Å². The molecule has 2 aliphatic rings. The van der Waals surface area contributed by atoms with Crippen LogP contribution in [0.15, 0.2) is 18.2 Å². The van der Waals surface area contributed by atoms with E-state index in [2.05, 4.69) is 35.5 Å². The number of fused-ring (bicyclic) bond motifs is 1. The average molecular weight is 246 g/mol. The molecule has 18 heavy (non-hydrogen) atoms. The smallest absolute Gasteiger partial charge is 0.0750 e. The molecule has 0 aliphatic carbocycles. The SMILES string of the molecule is CN(CC1CCCO1)c1cccc2c1NCCC2. The van der Waals surface area contributed by atoms with Crippen LogP contribution >= 0.6 is 0 Å². The molecule has 0 saturated carbocycles. The van der Waals surface area contributed by atoms with Crippen molar-refractivity contribution in [3.8, 4) is 0 Å². The molecule has 2 heterocycles. The number of nitrogens with zero attached hydrogens (tertiary/aromatic N) is 1. The number of aryl methyl sites for hydroxylation is 1. The van der Waals surface area contributed by atoms with E-state index in [1.807, 2.05) is 0 Å². The Kier molecular flexibility index (Phi) is 3.41. The summed E-state index contributed by atoms with van der Waals surface area (Å²) in [7, 11) is 2.17. The van der Waals surface area contributed by atoms with Crippen molar-refractivity contribution in [3.63, 3.8) is 0 Å². The second kappa shape index (κ2) is 5.19. The van der Waals surface area contributed by atoms with Gasteiger partial charge in [0.15, 0.2) is 0 Å². The van der Waals surface area contributed by atoms with E-state index in [9.17, 15) is 0 Å². The highest BCUT2D eigenvalue weighted by Crippen LogP contribution is 2.32. The van der Waals surface area contributed by atoms with Crippen molar-refractivity contribution in [3.05, 3.63) is 23.8 Å². The number of para-hydroxylation sites is 1. The molecule has 1 fully saturated rings. The number of nitrogens with one attached hydrogen (secondary N) is 1. The minimum atomic E-state index is 0.412. The molecular formula is C15H22N2O. The minimum absolute atomic E-state index is 0.412. The Morgan fingerprint density at radius 2 is 2.33 bits per heavy atom. The van der Waals surface area contributed by atoms with Gasteiger partial charge in [0.1, 0.15) is 0 Å². The maximum atomic E-state index is 5.73. The van der Waals surface area contributed by atoms with Crippen LogP contribution in [0.2, 0.25) is 0 Å². The molecule has 3 nitrogen and oxygen atoms in total. The Hall–Kier alpha value is -1.22. The van der Waals surface area contributed by atoms with Gasteiger partial charge < -0.3 is 15.0 Å². The van der Waals surface area contributed by atoms with E-state index in [1.165, 1.54) is 42.6 Å². The zero-order valence-electron chi connectivity index (χ0n) is 11.1. The summed E-state index contributed by atoms with van der Waals surface area (Å²) in [6.07, 6.45) is 5.26. The molecule has 1 aromatic rings. The molecule has 1 saturated heterocycles. The summed E-state index contributed by atoms with van der Waals surface area (Å²) < 4.78 is 5.73. The number of rotatable bonds is 3. The van der Waals surface area contributed by atoms with E-state index >= 15 is 0 Å². The van der Waals surface area contributed by atoms with Gasteiger partial charge in [0.2, 0.25) is 0 Å². The van der Waals surface area contributed by atoms with E-state index in [-0.39, 0.29) is 0 Å². The van der Waals surface area contributed by atoms with Gasteiger partial charge in [-0.2, -0.15) is 0 Å². The molecule has 0 spiro atoms.